The van der Waals surface area contributed by atoms with Gasteiger partial charge >= 0.3 is 0 Å². The van der Waals surface area contributed by atoms with Crippen LogP contribution >= 0.6 is 0 Å². The second kappa shape index (κ2) is 8.02. The van der Waals surface area contributed by atoms with Gasteiger partial charge in [-0.25, -0.2) is 0 Å². The lowest BCUT2D eigenvalue weighted by molar-refractivity contribution is 0.0528. The Morgan fingerprint density at radius 1 is 1.21 bits per heavy atom. The minimum atomic E-state index is 0.115. The van der Waals surface area contributed by atoms with Crippen LogP contribution in [0.25, 0.3) is 0 Å². The molecule has 3 rings (SSSR count). The summed E-state index contributed by atoms with van der Waals surface area (Å²) in [6.07, 6.45) is 4.67. The molecule has 0 saturated carbocycles. The maximum absolute atomic E-state index is 5.67. The number of ether oxygens (including phenoxy) is 1. The maximum Gasteiger partial charge on any atom is 0.193 e. The predicted octanol–water partition coefficient (Wildman–Crippen LogP) is 3.10. The van der Waals surface area contributed by atoms with Crippen molar-refractivity contribution in [2.45, 2.75) is 44.9 Å². The van der Waals surface area contributed by atoms with Crippen molar-refractivity contribution in [3.8, 4) is 0 Å². The number of guanidine groups is 1. The monoisotopic (exact) mass is 329 g/mol. The number of rotatable bonds is 4. The third-order valence-electron chi connectivity index (χ3n) is 5.44. The number of hydrogen-bond acceptors (Lipinski definition) is 2. The molecule has 0 spiro atoms. The molecular formula is C20H31N3O. The van der Waals surface area contributed by atoms with Gasteiger partial charge in [-0.1, -0.05) is 24.3 Å². The standard InChI is InChI=1S/C20H31N3O/c1-3-21-19(23-12-6-7-13-23)22-16-20(10-14-24-15-11-20)18-9-5-4-8-17(18)2/h4-5,8-9H,3,6-7,10-16H2,1-2H3,(H,21,22). The van der Waals surface area contributed by atoms with Crippen molar-refractivity contribution < 1.29 is 4.74 Å². The Bertz CT molecular complexity index is 558. The summed E-state index contributed by atoms with van der Waals surface area (Å²) in [6, 6.07) is 8.80. The highest BCUT2D eigenvalue weighted by molar-refractivity contribution is 5.80. The van der Waals surface area contributed by atoms with Gasteiger partial charge in [0.2, 0.25) is 0 Å². The molecule has 1 aromatic rings. The van der Waals surface area contributed by atoms with Crippen LogP contribution in [0.2, 0.25) is 0 Å². The molecule has 2 aliphatic heterocycles. The number of likely N-dealkylation sites (tertiary alicyclic amines) is 1. The van der Waals surface area contributed by atoms with Crippen LogP contribution in [0.4, 0.5) is 0 Å². The van der Waals surface area contributed by atoms with Crippen LogP contribution in [0.15, 0.2) is 29.3 Å². The van der Waals surface area contributed by atoms with Crippen LogP contribution in [0.1, 0.15) is 43.7 Å². The molecule has 24 heavy (non-hydrogen) atoms. The van der Waals surface area contributed by atoms with E-state index in [4.69, 9.17) is 9.73 Å². The molecule has 0 unspecified atom stereocenters. The van der Waals surface area contributed by atoms with E-state index in [0.717, 1.165) is 58.2 Å². The smallest absolute Gasteiger partial charge is 0.193 e. The number of benzene rings is 1. The Balaban J connectivity index is 1.86. The van der Waals surface area contributed by atoms with E-state index in [0.29, 0.717) is 0 Å². The first-order valence-corrected chi connectivity index (χ1v) is 9.42. The molecule has 0 aromatic heterocycles. The SMILES string of the molecule is CCNC(=NCC1(c2ccccc2C)CCOCC1)N1CCCC1. The van der Waals surface area contributed by atoms with E-state index >= 15 is 0 Å². The molecule has 4 nitrogen and oxygen atoms in total. The minimum absolute atomic E-state index is 0.115. The van der Waals surface area contributed by atoms with Crippen molar-refractivity contribution >= 4 is 5.96 Å². The lowest BCUT2D eigenvalue weighted by atomic mass is 9.72. The van der Waals surface area contributed by atoms with Crippen molar-refractivity contribution in [3.63, 3.8) is 0 Å². The van der Waals surface area contributed by atoms with E-state index in [2.05, 4.69) is 48.3 Å². The largest absolute Gasteiger partial charge is 0.381 e. The second-order valence-electron chi connectivity index (χ2n) is 7.07. The molecule has 2 saturated heterocycles. The molecule has 2 heterocycles. The van der Waals surface area contributed by atoms with Crippen LogP contribution in [0.3, 0.4) is 0 Å². The average Bonchev–Trinajstić information content (AvgIpc) is 3.14. The van der Waals surface area contributed by atoms with Crippen molar-refractivity contribution in [2.75, 3.05) is 39.4 Å². The van der Waals surface area contributed by atoms with E-state index in [1.54, 1.807) is 0 Å². The maximum atomic E-state index is 5.67. The van der Waals surface area contributed by atoms with Gasteiger partial charge in [0.05, 0.1) is 6.54 Å². The summed E-state index contributed by atoms with van der Waals surface area (Å²) < 4.78 is 5.67. The number of aryl methyl sites for hydroxylation is 1. The lowest BCUT2D eigenvalue weighted by Gasteiger charge is -2.38. The van der Waals surface area contributed by atoms with Gasteiger partial charge in [0.25, 0.3) is 0 Å². The van der Waals surface area contributed by atoms with Crippen molar-refractivity contribution in [2.24, 2.45) is 4.99 Å². The van der Waals surface area contributed by atoms with Gasteiger partial charge in [0.15, 0.2) is 5.96 Å². The molecule has 0 atom stereocenters. The van der Waals surface area contributed by atoms with E-state index < -0.39 is 0 Å². The molecule has 0 aliphatic carbocycles. The van der Waals surface area contributed by atoms with Crippen LogP contribution in [-0.2, 0) is 10.2 Å². The molecule has 1 N–H and O–H groups in total. The number of nitrogens with zero attached hydrogens (tertiary/aromatic N) is 2. The summed E-state index contributed by atoms with van der Waals surface area (Å²) in [5, 5.41) is 3.49. The van der Waals surface area contributed by atoms with E-state index in [-0.39, 0.29) is 5.41 Å². The van der Waals surface area contributed by atoms with Crippen molar-refractivity contribution in [1.29, 1.82) is 0 Å². The van der Waals surface area contributed by atoms with Gasteiger partial charge < -0.3 is 15.0 Å². The molecule has 0 bridgehead atoms. The minimum Gasteiger partial charge on any atom is -0.381 e. The van der Waals surface area contributed by atoms with Crippen LogP contribution in [-0.4, -0.2) is 50.3 Å². The Labute approximate surface area is 146 Å². The molecule has 0 amide bonds. The molecule has 0 radical (unpaired) electrons. The fourth-order valence-electron chi connectivity index (χ4n) is 4.02. The summed E-state index contributed by atoms with van der Waals surface area (Å²) in [4.78, 5) is 7.50. The van der Waals surface area contributed by atoms with Gasteiger partial charge in [0.1, 0.15) is 0 Å². The third kappa shape index (κ3) is 3.75. The quantitative estimate of drug-likeness (QED) is 0.681. The molecule has 2 aliphatic rings. The Hall–Kier alpha value is -1.55. The zero-order chi connectivity index (χ0) is 16.8. The zero-order valence-corrected chi connectivity index (χ0v) is 15.2. The summed E-state index contributed by atoms with van der Waals surface area (Å²) in [5.41, 5.74) is 2.94. The first-order valence-electron chi connectivity index (χ1n) is 9.42. The second-order valence-corrected chi connectivity index (χ2v) is 7.07. The highest BCUT2D eigenvalue weighted by Crippen LogP contribution is 2.37. The van der Waals surface area contributed by atoms with Gasteiger partial charge in [-0.15, -0.1) is 0 Å². The van der Waals surface area contributed by atoms with Gasteiger partial charge in [-0.2, -0.15) is 0 Å². The Morgan fingerprint density at radius 2 is 1.92 bits per heavy atom. The average molecular weight is 329 g/mol. The Kier molecular flexibility index (Phi) is 5.77. The van der Waals surface area contributed by atoms with E-state index in [1.165, 1.54) is 24.0 Å². The summed E-state index contributed by atoms with van der Waals surface area (Å²) in [5.74, 6) is 1.09. The van der Waals surface area contributed by atoms with Crippen LogP contribution in [0, 0.1) is 6.92 Å². The van der Waals surface area contributed by atoms with Crippen molar-refractivity contribution in [3.05, 3.63) is 35.4 Å². The van der Waals surface area contributed by atoms with Gasteiger partial charge in [-0.05, 0) is 50.7 Å². The summed E-state index contributed by atoms with van der Waals surface area (Å²) in [7, 11) is 0. The first-order chi connectivity index (χ1) is 11.7. The van der Waals surface area contributed by atoms with Gasteiger partial charge in [0, 0.05) is 38.3 Å². The summed E-state index contributed by atoms with van der Waals surface area (Å²) >= 11 is 0. The van der Waals surface area contributed by atoms with Crippen LogP contribution < -0.4 is 5.32 Å². The molecule has 1 aromatic carbocycles. The van der Waals surface area contributed by atoms with E-state index in [1.807, 2.05) is 0 Å². The zero-order valence-electron chi connectivity index (χ0n) is 15.2. The highest BCUT2D eigenvalue weighted by Gasteiger charge is 2.35. The first kappa shape index (κ1) is 17.3. The number of hydrogen-bond donors (Lipinski definition) is 1. The Morgan fingerprint density at radius 3 is 2.58 bits per heavy atom. The summed E-state index contributed by atoms with van der Waals surface area (Å²) in [6.45, 7) is 10.1. The van der Waals surface area contributed by atoms with Crippen molar-refractivity contribution in [1.82, 2.24) is 10.2 Å². The fourth-order valence-corrected chi connectivity index (χ4v) is 4.02. The number of nitrogens with one attached hydrogen (secondary N) is 1. The number of aliphatic imine (C=N–C) groups is 1. The molecule has 4 heteroatoms. The molecule has 2 fully saturated rings. The topological polar surface area (TPSA) is 36.9 Å². The fraction of sp³-hybridized carbons (Fsp3) is 0.650. The normalized spacial score (nSPS) is 21.1. The highest BCUT2D eigenvalue weighted by atomic mass is 16.5. The molecular weight excluding hydrogens is 298 g/mol. The molecule has 132 valence electrons. The lowest BCUT2D eigenvalue weighted by Crippen LogP contribution is -2.42. The third-order valence-corrected chi connectivity index (χ3v) is 5.44. The predicted molar refractivity (Wildman–Crippen MR) is 99.7 cm³/mol. The van der Waals surface area contributed by atoms with Crippen LogP contribution in [0.5, 0.6) is 0 Å². The van der Waals surface area contributed by atoms with E-state index in [9.17, 15) is 0 Å². The van der Waals surface area contributed by atoms with Gasteiger partial charge in [-0.3, -0.25) is 4.99 Å².